The quantitative estimate of drug-likeness (QED) is 0.0267. The third-order valence-electron chi connectivity index (χ3n) is 13.8. The summed E-state index contributed by atoms with van der Waals surface area (Å²) in [5.74, 6) is -0.222. The SMILES string of the molecule is CCCCCCCCCCCCCCCCCCCCCCCCCCCCCCC(O)C(COC1OC(CO)C(OC2OC(CO)C(O)C(O)C2O)C(O)C1O)NC(=O)CCCCCC. The molecule has 66 heavy (non-hydrogen) atoms. The highest BCUT2D eigenvalue weighted by atomic mass is 16.7. The number of ether oxygens (including phenoxy) is 4. The van der Waals surface area contributed by atoms with E-state index in [1.54, 1.807) is 0 Å². The van der Waals surface area contributed by atoms with Crippen LogP contribution in [0.4, 0.5) is 0 Å². The lowest BCUT2D eigenvalue weighted by Crippen LogP contribution is -2.65. The number of rotatable bonds is 43. The van der Waals surface area contributed by atoms with Gasteiger partial charge in [-0.15, -0.1) is 0 Å². The predicted molar refractivity (Wildman–Crippen MR) is 259 cm³/mol. The summed E-state index contributed by atoms with van der Waals surface area (Å²) in [6.07, 6.45) is 25.0. The average molecular weight is 948 g/mol. The first kappa shape index (κ1) is 61.1. The zero-order valence-electron chi connectivity index (χ0n) is 41.7. The first-order valence-electron chi connectivity index (χ1n) is 27.3. The maximum atomic E-state index is 12.9. The molecule has 0 aromatic heterocycles. The number of hydrogen-bond donors (Lipinski definition) is 9. The monoisotopic (exact) mass is 948 g/mol. The van der Waals surface area contributed by atoms with Gasteiger partial charge in [-0.1, -0.05) is 213 Å². The Kier molecular flexibility index (Phi) is 36.7. The molecule has 0 aromatic carbocycles. The minimum absolute atomic E-state index is 0.222. The summed E-state index contributed by atoms with van der Waals surface area (Å²) in [4.78, 5) is 12.9. The van der Waals surface area contributed by atoms with Crippen LogP contribution in [0.2, 0.25) is 0 Å². The molecular formula is C52H101NO13. The zero-order valence-corrected chi connectivity index (χ0v) is 41.7. The molecule has 9 N–H and O–H groups in total. The van der Waals surface area contributed by atoms with Gasteiger partial charge in [0, 0.05) is 6.42 Å². The highest BCUT2D eigenvalue weighted by Crippen LogP contribution is 2.30. The first-order chi connectivity index (χ1) is 32.1. The third kappa shape index (κ3) is 26.3. The third-order valence-corrected chi connectivity index (χ3v) is 13.8. The van der Waals surface area contributed by atoms with Crippen molar-refractivity contribution in [3.05, 3.63) is 0 Å². The van der Waals surface area contributed by atoms with E-state index in [1.807, 2.05) is 0 Å². The molecule has 2 rings (SSSR count). The Balaban J connectivity index is 1.59. The molecular weight excluding hydrogens is 847 g/mol. The van der Waals surface area contributed by atoms with Gasteiger partial charge in [-0.3, -0.25) is 4.79 Å². The van der Waals surface area contributed by atoms with Crippen molar-refractivity contribution in [2.45, 2.75) is 306 Å². The molecule has 14 nitrogen and oxygen atoms in total. The smallest absolute Gasteiger partial charge is 0.220 e. The summed E-state index contributed by atoms with van der Waals surface area (Å²) in [5.41, 5.74) is 0. The second-order valence-corrected chi connectivity index (χ2v) is 19.7. The fourth-order valence-electron chi connectivity index (χ4n) is 9.36. The minimum atomic E-state index is -1.78. The van der Waals surface area contributed by atoms with Crippen LogP contribution >= 0.6 is 0 Å². The van der Waals surface area contributed by atoms with Gasteiger partial charge in [-0.05, 0) is 12.8 Å². The van der Waals surface area contributed by atoms with E-state index in [0.29, 0.717) is 19.3 Å². The summed E-state index contributed by atoms with van der Waals surface area (Å²) in [6.45, 7) is 2.74. The van der Waals surface area contributed by atoms with E-state index >= 15 is 0 Å². The van der Waals surface area contributed by atoms with Gasteiger partial charge in [0.1, 0.15) is 48.8 Å². The van der Waals surface area contributed by atoms with Gasteiger partial charge in [0.15, 0.2) is 12.6 Å². The summed E-state index contributed by atoms with van der Waals surface area (Å²) in [6, 6.07) is -0.818. The average Bonchev–Trinajstić information content (AvgIpc) is 3.31. The summed E-state index contributed by atoms with van der Waals surface area (Å²) in [7, 11) is 0. The zero-order chi connectivity index (χ0) is 48.2. The lowest BCUT2D eigenvalue weighted by atomic mass is 9.97. The number of carbonyl (C=O) groups is 1. The van der Waals surface area contributed by atoms with Crippen molar-refractivity contribution in [3.8, 4) is 0 Å². The van der Waals surface area contributed by atoms with Gasteiger partial charge in [-0.2, -0.15) is 0 Å². The van der Waals surface area contributed by atoms with Gasteiger partial charge in [-0.25, -0.2) is 0 Å². The van der Waals surface area contributed by atoms with Crippen molar-refractivity contribution in [2.24, 2.45) is 0 Å². The van der Waals surface area contributed by atoms with Gasteiger partial charge < -0.3 is 65.1 Å². The lowest BCUT2D eigenvalue weighted by molar-refractivity contribution is -0.359. The van der Waals surface area contributed by atoms with E-state index in [0.717, 1.165) is 44.9 Å². The second-order valence-electron chi connectivity index (χ2n) is 19.7. The number of aliphatic hydroxyl groups excluding tert-OH is 8. The summed E-state index contributed by atoms with van der Waals surface area (Å²) < 4.78 is 22.6. The van der Waals surface area contributed by atoms with E-state index in [4.69, 9.17) is 18.9 Å². The van der Waals surface area contributed by atoms with E-state index in [1.165, 1.54) is 154 Å². The minimum Gasteiger partial charge on any atom is -0.394 e. The Morgan fingerprint density at radius 2 is 0.864 bits per heavy atom. The Labute approximate surface area is 400 Å². The number of hydrogen-bond acceptors (Lipinski definition) is 13. The van der Waals surface area contributed by atoms with Crippen LogP contribution in [0, 0.1) is 0 Å². The van der Waals surface area contributed by atoms with Crippen LogP contribution < -0.4 is 5.32 Å². The largest absolute Gasteiger partial charge is 0.394 e. The summed E-state index contributed by atoms with van der Waals surface area (Å²) >= 11 is 0. The van der Waals surface area contributed by atoms with E-state index in [9.17, 15) is 45.6 Å². The van der Waals surface area contributed by atoms with Crippen molar-refractivity contribution < 1.29 is 64.6 Å². The molecule has 1 amide bonds. The highest BCUT2D eigenvalue weighted by molar-refractivity contribution is 5.76. The van der Waals surface area contributed by atoms with Crippen LogP contribution in [0.1, 0.15) is 232 Å². The maximum Gasteiger partial charge on any atom is 0.220 e. The number of amides is 1. The molecule has 392 valence electrons. The highest BCUT2D eigenvalue weighted by Gasteiger charge is 2.51. The number of carbonyl (C=O) groups excluding carboxylic acids is 1. The molecule has 2 aliphatic heterocycles. The lowest BCUT2D eigenvalue weighted by Gasteiger charge is -2.46. The molecule has 2 aliphatic rings. The van der Waals surface area contributed by atoms with Gasteiger partial charge in [0.25, 0.3) is 0 Å². The Hall–Kier alpha value is -1.01. The molecule has 14 heteroatoms. The van der Waals surface area contributed by atoms with Crippen molar-refractivity contribution >= 4 is 5.91 Å². The van der Waals surface area contributed by atoms with Gasteiger partial charge in [0.2, 0.25) is 5.91 Å². The molecule has 0 aromatic rings. The van der Waals surface area contributed by atoms with E-state index in [2.05, 4.69) is 19.2 Å². The molecule has 0 radical (unpaired) electrons. The molecule has 12 atom stereocenters. The Bertz CT molecular complexity index is 1120. The molecule has 2 fully saturated rings. The molecule has 12 unspecified atom stereocenters. The van der Waals surface area contributed by atoms with E-state index in [-0.39, 0.29) is 12.5 Å². The topological polar surface area (TPSA) is 228 Å². The number of unbranched alkanes of at least 4 members (excludes halogenated alkanes) is 30. The van der Waals surface area contributed by atoms with Crippen molar-refractivity contribution in [3.63, 3.8) is 0 Å². The van der Waals surface area contributed by atoms with Crippen LogP contribution in [0.5, 0.6) is 0 Å². The fourth-order valence-corrected chi connectivity index (χ4v) is 9.36. The number of aliphatic hydroxyl groups is 8. The van der Waals surface area contributed by atoms with Gasteiger partial charge in [0.05, 0.1) is 32.0 Å². The molecule has 2 heterocycles. The molecule has 0 bridgehead atoms. The molecule has 0 spiro atoms. The normalized spacial score (nSPS) is 26.7. The Morgan fingerprint density at radius 3 is 1.29 bits per heavy atom. The Morgan fingerprint density at radius 1 is 0.485 bits per heavy atom. The standard InChI is InChI=1S/C52H101NO13/c1-3-5-7-9-10-11-12-13-14-15-16-17-18-19-20-21-22-23-24-25-26-27-28-29-30-31-32-33-35-41(56)40(53-44(57)36-34-8-6-4-2)39-63-51-49(62)47(60)50(43(38-55)65-51)66-52-48(61)46(59)45(58)42(37-54)64-52/h40-43,45-52,54-56,58-62H,3-39H2,1-2H3,(H,53,57). The van der Waals surface area contributed by atoms with Crippen molar-refractivity contribution in [2.75, 3.05) is 19.8 Å². The van der Waals surface area contributed by atoms with Crippen molar-refractivity contribution in [1.82, 2.24) is 5.32 Å². The van der Waals surface area contributed by atoms with E-state index < -0.39 is 86.8 Å². The fraction of sp³-hybridized carbons (Fsp3) is 0.981. The van der Waals surface area contributed by atoms with Crippen LogP contribution in [-0.4, -0.2) is 140 Å². The van der Waals surface area contributed by atoms with Gasteiger partial charge >= 0.3 is 0 Å². The maximum absolute atomic E-state index is 12.9. The molecule has 2 saturated heterocycles. The second kappa shape index (κ2) is 39.7. The van der Waals surface area contributed by atoms with Crippen LogP contribution in [-0.2, 0) is 23.7 Å². The van der Waals surface area contributed by atoms with Crippen molar-refractivity contribution in [1.29, 1.82) is 0 Å². The first-order valence-corrected chi connectivity index (χ1v) is 27.3. The van der Waals surface area contributed by atoms with Crippen LogP contribution in [0.15, 0.2) is 0 Å². The molecule has 0 saturated carbocycles. The number of nitrogens with one attached hydrogen (secondary N) is 1. The van der Waals surface area contributed by atoms with Crippen LogP contribution in [0.3, 0.4) is 0 Å². The molecule has 0 aliphatic carbocycles. The predicted octanol–water partition coefficient (Wildman–Crippen LogP) is 7.78. The van der Waals surface area contributed by atoms with Crippen LogP contribution in [0.25, 0.3) is 0 Å². The summed E-state index contributed by atoms with van der Waals surface area (Å²) in [5, 5.41) is 86.5.